The van der Waals surface area contributed by atoms with Gasteiger partial charge in [0, 0.05) is 17.6 Å². The molecular weight excluding hydrogens is 376 g/mol. The van der Waals surface area contributed by atoms with Gasteiger partial charge in [-0.15, -0.1) is 0 Å². The van der Waals surface area contributed by atoms with Crippen LogP contribution in [0.5, 0.6) is 0 Å². The van der Waals surface area contributed by atoms with Crippen molar-refractivity contribution in [3.8, 4) is 0 Å². The Morgan fingerprint density at radius 1 is 1.48 bits per heavy atom. The number of piperidine rings is 1. The number of halogens is 2. The summed E-state index contributed by atoms with van der Waals surface area (Å²) >= 11 is 9.22. The zero-order valence-corrected chi connectivity index (χ0v) is 15.1. The van der Waals surface area contributed by atoms with Crippen LogP contribution in [0.15, 0.2) is 27.6 Å². The van der Waals surface area contributed by atoms with Crippen LogP contribution in [0.25, 0.3) is 0 Å². The Kier molecular flexibility index (Phi) is 6.08. The van der Waals surface area contributed by atoms with Gasteiger partial charge >= 0.3 is 0 Å². The van der Waals surface area contributed by atoms with Crippen molar-refractivity contribution < 1.29 is 8.42 Å². The highest BCUT2D eigenvalue weighted by Gasteiger charge is 2.27. The van der Waals surface area contributed by atoms with Crippen LogP contribution in [-0.2, 0) is 10.0 Å². The predicted molar refractivity (Wildman–Crippen MR) is 89.2 cm³/mol. The molecule has 2 rings (SSSR count). The fraction of sp³-hybridized carbons (Fsp3) is 0.571. The highest BCUT2D eigenvalue weighted by molar-refractivity contribution is 9.10. The molecular formula is C14H20BrClN2O2S. The summed E-state index contributed by atoms with van der Waals surface area (Å²) in [6.07, 6.45) is 2.18. The smallest absolute Gasteiger partial charge is 0.243 e. The van der Waals surface area contributed by atoms with Gasteiger partial charge in [-0.1, -0.05) is 18.5 Å². The third-order valence-electron chi connectivity index (χ3n) is 3.74. The Balaban J connectivity index is 2.19. The topological polar surface area (TPSA) is 49.4 Å². The first-order valence-corrected chi connectivity index (χ1v) is 9.72. The largest absolute Gasteiger partial charge is 0.316 e. The van der Waals surface area contributed by atoms with E-state index >= 15 is 0 Å². The summed E-state index contributed by atoms with van der Waals surface area (Å²) in [5.41, 5.74) is 0. The summed E-state index contributed by atoms with van der Waals surface area (Å²) in [5.74, 6) is 0.379. The van der Waals surface area contributed by atoms with E-state index in [1.54, 1.807) is 22.5 Å². The van der Waals surface area contributed by atoms with Crippen LogP contribution >= 0.6 is 27.5 Å². The second-order valence-electron chi connectivity index (χ2n) is 5.24. The van der Waals surface area contributed by atoms with E-state index in [1.165, 1.54) is 0 Å². The highest BCUT2D eigenvalue weighted by Crippen LogP contribution is 2.27. The van der Waals surface area contributed by atoms with E-state index in [1.807, 2.05) is 6.92 Å². The normalized spacial score (nSPS) is 19.9. The molecule has 1 N–H and O–H groups in total. The molecule has 0 amide bonds. The maximum Gasteiger partial charge on any atom is 0.243 e. The maximum atomic E-state index is 12.7. The minimum atomic E-state index is -3.47. The molecule has 118 valence electrons. The van der Waals surface area contributed by atoms with Gasteiger partial charge in [0.1, 0.15) is 0 Å². The first-order valence-electron chi connectivity index (χ1n) is 7.11. The Labute approximate surface area is 140 Å². The van der Waals surface area contributed by atoms with Gasteiger partial charge in [-0.3, -0.25) is 0 Å². The van der Waals surface area contributed by atoms with Crippen molar-refractivity contribution >= 4 is 37.6 Å². The molecule has 1 aromatic rings. The van der Waals surface area contributed by atoms with Crippen LogP contribution in [0.2, 0.25) is 5.02 Å². The van der Waals surface area contributed by atoms with Crippen molar-refractivity contribution in [1.29, 1.82) is 0 Å². The van der Waals surface area contributed by atoms with Gasteiger partial charge in [-0.25, -0.2) is 8.42 Å². The number of rotatable bonds is 5. The zero-order chi connectivity index (χ0) is 15.5. The van der Waals surface area contributed by atoms with E-state index in [0.29, 0.717) is 28.5 Å². The van der Waals surface area contributed by atoms with Crippen LogP contribution in [0.3, 0.4) is 0 Å². The van der Waals surface area contributed by atoms with Crippen LogP contribution in [0.1, 0.15) is 19.8 Å². The fourth-order valence-corrected chi connectivity index (χ4v) is 4.75. The van der Waals surface area contributed by atoms with Gasteiger partial charge in [-0.2, -0.15) is 4.31 Å². The lowest BCUT2D eigenvalue weighted by molar-refractivity contribution is 0.298. The van der Waals surface area contributed by atoms with Gasteiger partial charge in [0.05, 0.1) is 9.92 Å². The van der Waals surface area contributed by atoms with Crippen molar-refractivity contribution in [3.63, 3.8) is 0 Å². The first kappa shape index (κ1) is 17.2. The summed E-state index contributed by atoms with van der Waals surface area (Å²) in [6, 6.07) is 4.73. The van der Waals surface area contributed by atoms with E-state index in [-0.39, 0.29) is 4.90 Å². The van der Waals surface area contributed by atoms with E-state index in [2.05, 4.69) is 21.2 Å². The molecule has 0 bridgehead atoms. The molecule has 0 aliphatic carbocycles. The molecule has 0 radical (unpaired) electrons. The Bertz CT molecular complexity index is 589. The van der Waals surface area contributed by atoms with Crippen molar-refractivity contribution in [2.24, 2.45) is 5.92 Å². The van der Waals surface area contributed by atoms with Gasteiger partial charge in [0.2, 0.25) is 10.0 Å². The van der Waals surface area contributed by atoms with Crippen LogP contribution < -0.4 is 5.32 Å². The molecule has 1 aromatic carbocycles. The van der Waals surface area contributed by atoms with Gasteiger partial charge in [0.25, 0.3) is 0 Å². The van der Waals surface area contributed by atoms with Gasteiger partial charge in [0.15, 0.2) is 0 Å². The van der Waals surface area contributed by atoms with Crippen molar-refractivity contribution in [1.82, 2.24) is 9.62 Å². The molecule has 1 unspecified atom stereocenters. The fourth-order valence-electron chi connectivity index (χ4n) is 2.55. The average Bonchev–Trinajstić information content (AvgIpc) is 2.48. The maximum absolute atomic E-state index is 12.7. The van der Waals surface area contributed by atoms with Crippen molar-refractivity contribution in [2.75, 3.05) is 26.2 Å². The monoisotopic (exact) mass is 394 g/mol. The Morgan fingerprint density at radius 2 is 2.24 bits per heavy atom. The summed E-state index contributed by atoms with van der Waals surface area (Å²) in [5, 5.41) is 3.83. The number of benzene rings is 1. The quantitative estimate of drug-likeness (QED) is 0.833. The van der Waals surface area contributed by atoms with Gasteiger partial charge < -0.3 is 5.32 Å². The average molecular weight is 396 g/mol. The third-order valence-corrected chi connectivity index (χ3v) is 6.89. The summed E-state index contributed by atoms with van der Waals surface area (Å²) in [6.45, 7) is 4.82. The van der Waals surface area contributed by atoms with Crippen LogP contribution in [0.4, 0.5) is 0 Å². The predicted octanol–water partition coefficient (Wildman–Crippen LogP) is 3.11. The Morgan fingerprint density at radius 3 is 2.81 bits per heavy atom. The first-order chi connectivity index (χ1) is 9.95. The van der Waals surface area contributed by atoms with Crippen molar-refractivity contribution in [3.05, 3.63) is 27.7 Å². The van der Waals surface area contributed by atoms with E-state index in [9.17, 15) is 8.42 Å². The number of nitrogens with zero attached hydrogens (tertiary/aromatic N) is 1. The van der Waals surface area contributed by atoms with Crippen LogP contribution in [0, 0.1) is 5.92 Å². The summed E-state index contributed by atoms with van der Waals surface area (Å²) in [7, 11) is -3.47. The van der Waals surface area contributed by atoms with E-state index in [4.69, 9.17) is 11.6 Å². The van der Waals surface area contributed by atoms with Crippen molar-refractivity contribution in [2.45, 2.75) is 24.7 Å². The summed E-state index contributed by atoms with van der Waals surface area (Å²) < 4.78 is 27.6. The number of hydrogen-bond acceptors (Lipinski definition) is 3. The molecule has 0 aromatic heterocycles. The standard InChI is InChI=1S/C14H20BrClN2O2S/c1-2-18(10-11-4-3-7-17-9-11)21(19,20)12-5-6-14(16)13(15)8-12/h5-6,8,11,17H,2-4,7,9-10H2,1H3. The van der Waals surface area contributed by atoms with Gasteiger partial charge in [-0.05, 0) is 66.0 Å². The second-order valence-corrected chi connectivity index (χ2v) is 8.44. The highest BCUT2D eigenvalue weighted by atomic mass is 79.9. The van der Waals surface area contributed by atoms with E-state index in [0.717, 1.165) is 25.9 Å². The molecule has 21 heavy (non-hydrogen) atoms. The molecule has 0 saturated carbocycles. The summed E-state index contributed by atoms with van der Waals surface area (Å²) in [4.78, 5) is 0.282. The third kappa shape index (κ3) is 4.20. The molecule has 4 nitrogen and oxygen atoms in total. The minimum Gasteiger partial charge on any atom is -0.316 e. The molecule has 1 atom stereocenters. The molecule has 1 saturated heterocycles. The molecule has 0 spiro atoms. The molecule has 1 aliphatic heterocycles. The molecule has 1 fully saturated rings. The lowest BCUT2D eigenvalue weighted by atomic mass is 10.00. The minimum absolute atomic E-state index is 0.282. The molecule has 1 heterocycles. The number of nitrogens with one attached hydrogen (secondary N) is 1. The molecule has 1 aliphatic rings. The molecule has 7 heteroatoms. The van der Waals surface area contributed by atoms with E-state index < -0.39 is 10.0 Å². The zero-order valence-electron chi connectivity index (χ0n) is 12.0. The van der Waals surface area contributed by atoms with Crippen LogP contribution in [-0.4, -0.2) is 38.9 Å². The lowest BCUT2D eigenvalue weighted by Gasteiger charge is -2.29. The number of hydrogen-bond donors (Lipinski definition) is 1. The SMILES string of the molecule is CCN(CC1CCCNC1)S(=O)(=O)c1ccc(Cl)c(Br)c1. The second kappa shape index (κ2) is 7.42. The lowest BCUT2D eigenvalue weighted by Crippen LogP contribution is -2.40. The number of sulfonamides is 1. The Hall–Kier alpha value is -0.140.